The summed E-state index contributed by atoms with van der Waals surface area (Å²) in [4.78, 5) is 6.38. The van der Waals surface area contributed by atoms with E-state index in [9.17, 15) is 4.39 Å². The minimum atomic E-state index is -0.297. The van der Waals surface area contributed by atoms with E-state index in [1.54, 1.807) is 6.07 Å². The monoisotopic (exact) mass is 218 g/mol. The summed E-state index contributed by atoms with van der Waals surface area (Å²) in [5, 5.41) is 0. The van der Waals surface area contributed by atoms with Gasteiger partial charge in [-0.1, -0.05) is 12.2 Å². The van der Waals surface area contributed by atoms with Crippen molar-refractivity contribution in [2.45, 2.75) is 6.42 Å². The van der Waals surface area contributed by atoms with Gasteiger partial charge in [0.25, 0.3) is 6.01 Å². The molecule has 1 aliphatic heterocycles. The molecule has 82 valence electrons. The first kappa shape index (κ1) is 9.39. The Bertz CT molecular complexity index is 547. The number of nitrogens with zero attached hydrogens (tertiary/aromatic N) is 2. The lowest BCUT2D eigenvalue weighted by Gasteiger charge is -2.20. The van der Waals surface area contributed by atoms with E-state index in [2.05, 4.69) is 17.1 Å². The maximum absolute atomic E-state index is 13.0. The Hall–Kier alpha value is -1.84. The fourth-order valence-corrected chi connectivity index (χ4v) is 1.84. The van der Waals surface area contributed by atoms with Gasteiger partial charge in [-0.3, -0.25) is 0 Å². The Morgan fingerprint density at radius 2 is 2.25 bits per heavy atom. The summed E-state index contributed by atoms with van der Waals surface area (Å²) in [5.41, 5.74) is 1.20. The van der Waals surface area contributed by atoms with E-state index >= 15 is 0 Å². The van der Waals surface area contributed by atoms with Crippen molar-refractivity contribution in [3.05, 3.63) is 36.2 Å². The first-order valence-corrected chi connectivity index (χ1v) is 5.29. The number of halogens is 1. The summed E-state index contributed by atoms with van der Waals surface area (Å²) >= 11 is 0. The maximum atomic E-state index is 13.0. The summed E-state index contributed by atoms with van der Waals surface area (Å²) in [6, 6.07) is 4.97. The van der Waals surface area contributed by atoms with Crippen LogP contribution >= 0.6 is 0 Å². The molecule has 2 aromatic rings. The molecule has 0 radical (unpaired) electrons. The third-order valence-corrected chi connectivity index (χ3v) is 2.67. The van der Waals surface area contributed by atoms with E-state index in [0.717, 1.165) is 19.5 Å². The highest BCUT2D eigenvalue weighted by Gasteiger charge is 2.14. The van der Waals surface area contributed by atoms with Crippen molar-refractivity contribution in [3.8, 4) is 0 Å². The molecule has 0 amide bonds. The molecule has 3 rings (SSSR count). The zero-order chi connectivity index (χ0) is 11.0. The average molecular weight is 218 g/mol. The van der Waals surface area contributed by atoms with Crippen LogP contribution in [0.15, 0.2) is 34.8 Å². The van der Waals surface area contributed by atoms with Crippen LogP contribution in [0.5, 0.6) is 0 Å². The molecule has 0 saturated carbocycles. The standard InChI is InChI=1S/C12H11FN2O/c13-9-4-5-10-11(8-9)16-12(14-10)15-6-2-1-3-7-15/h1-2,4-5,8H,3,6-7H2. The molecule has 0 saturated heterocycles. The highest BCUT2D eigenvalue weighted by atomic mass is 19.1. The molecule has 0 unspecified atom stereocenters. The van der Waals surface area contributed by atoms with Gasteiger partial charge in [0.15, 0.2) is 5.58 Å². The number of oxazole rings is 1. The molecule has 0 atom stereocenters. The average Bonchev–Trinajstić information content (AvgIpc) is 2.73. The van der Waals surface area contributed by atoms with Crippen LogP contribution in [0, 0.1) is 5.82 Å². The van der Waals surface area contributed by atoms with Crippen LogP contribution in [0.2, 0.25) is 0 Å². The van der Waals surface area contributed by atoms with Crippen LogP contribution in [0.3, 0.4) is 0 Å². The summed E-state index contributed by atoms with van der Waals surface area (Å²) in [5.74, 6) is -0.297. The molecule has 1 aliphatic rings. The fourth-order valence-electron chi connectivity index (χ4n) is 1.84. The van der Waals surface area contributed by atoms with Gasteiger partial charge in [0.1, 0.15) is 11.3 Å². The Kier molecular flexibility index (Phi) is 2.13. The molecule has 2 heterocycles. The maximum Gasteiger partial charge on any atom is 0.298 e. The van der Waals surface area contributed by atoms with Gasteiger partial charge < -0.3 is 9.32 Å². The summed E-state index contributed by atoms with van der Waals surface area (Å²) < 4.78 is 18.5. The van der Waals surface area contributed by atoms with E-state index in [1.165, 1.54) is 12.1 Å². The van der Waals surface area contributed by atoms with E-state index in [1.807, 2.05) is 4.90 Å². The molecule has 0 aliphatic carbocycles. The third kappa shape index (κ3) is 1.56. The second kappa shape index (κ2) is 3.63. The van der Waals surface area contributed by atoms with Crippen LogP contribution in [0.25, 0.3) is 11.1 Å². The molecule has 1 aromatic carbocycles. The summed E-state index contributed by atoms with van der Waals surface area (Å²) in [6.07, 6.45) is 5.21. The number of hydrogen-bond acceptors (Lipinski definition) is 3. The van der Waals surface area contributed by atoms with Crippen molar-refractivity contribution in [2.75, 3.05) is 18.0 Å². The molecular formula is C12H11FN2O. The van der Waals surface area contributed by atoms with Crippen molar-refractivity contribution in [1.29, 1.82) is 0 Å². The predicted octanol–water partition coefficient (Wildman–Crippen LogP) is 2.73. The van der Waals surface area contributed by atoms with Crippen molar-refractivity contribution in [3.63, 3.8) is 0 Å². The van der Waals surface area contributed by atoms with Crippen LogP contribution in [0.4, 0.5) is 10.4 Å². The molecule has 1 aromatic heterocycles. The number of anilines is 1. The lowest BCUT2D eigenvalue weighted by Crippen LogP contribution is -2.26. The van der Waals surface area contributed by atoms with E-state index in [4.69, 9.17) is 4.42 Å². The number of benzene rings is 1. The second-order valence-electron chi connectivity index (χ2n) is 3.81. The van der Waals surface area contributed by atoms with Crippen molar-refractivity contribution >= 4 is 17.1 Å². The Morgan fingerprint density at radius 1 is 1.31 bits per heavy atom. The molecule has 3 nitrogen and oxygen atoms in total. The van der Waals surface area contributed by atoms with Gasteiger partial charge in [0.2, 0.25) is 0 Å². The van der Waals surface area contributed by atoms with Gasteiger partial charge in [-0.15, -0.1) is 0 Å². The Morgan fingerprint density at radius 3 is 3.06 bits per heavy atom. The quantitative estimate of drug-likeness (QED) is 0.689. The SMILES string of the molecule is Fc1ccc2nc(N3CC=CCC3)oc2c1. The van der Waals surface area contributed by atoms with Crippen LogP contribution < -0.4 is 4.90 Å². The highest BCUT2D eigenvalue weighted by Crippen LogP contribution is 2.23. The fraction of sp³-hybridized carbons (Fsp3) is 0.250. The van der Waals surface area contributed by atoms with Crippen molar-refractivity contribution in [2.24, 2.45) is 0 Å². The zero-order valence-corrected chi connectivity index (χ0v) is 8.69. The van der Waals surface area contributed by atoms with Gasteiger partial charge in [0.05, 0.1) is 0 Å². The van der Waals surface area contributed by atoms with Gasteiger partial charge in [-0.05, 0) is 18.6 Å². The molecule has 0 N–H and O–H groups in total. The van der Waals surface area contributed by atoms with Crippen molar-refractivity contribution < 1.29 is 8.81 Å². The number of hydrogen-bond donors (Lipinski definition) is 0. The predicted molar refractivity (Wildman–Crippen MR) is 59.9 cm³/mol. The highest BCUT2D eigenvalue weighted by molar-refractivity contribution is 5.74. The van der Waals surface area contributed by atoms with E-state index in [-0.39, 0.29) is 5.82 Å². The third-order valence-electron chi connectivity index (χ3n) is 2.67. The van der Waals surface area contributed by atoms with Gasteiger partial charge in [0, 0.05) is 19.2 Å². The molecule has 0 fully saturated rings. The lowest BCUT2D eigenvalue weighted by atomic mass is 10.3. The van der Waals surface area contributed by atoms with Gasteiger partial charge in [-0.2, -0.15) is 4.98 Å². The van der Waals surface area contributed by atoms with Crippen LogP contribution in [-0.4, -0.2) is 18.1 Å². The van der Waals surface area contributed by atoms with Gasteiger partial charge >= 0.3 is 0 Å². The Balaban J connectivity index is 2.01. The zero-order valence-electron chi connectivity index (χ0n) is 8.69. The van der Waals surface area contributed by atoms with Crippen LogP contribution in [0.1, 0.15) is 6.42 Å². The summed E-state index contributed by atoms with van der Waals surface area (Å²) in [7, 11) is 0. The van der Waals surface area contributed by atoms with Crippen LogP contribution in [-0.2, 0) is 0 Å². The first-order valence-electron chi connectivity index (χ1n) is 5.29. The second-order valence-corrected chi connectivity index (χ2v) is 3.81. The van der Waals surface area contributed by atoms with Crippen molar-refractivity contribution in [1.82, 2.24) is 4.98 Å². The topological polar surface area (TPSA) is 29.3 Å². The molecule has 0 spiro atoms. The minimum Gasteiger partial charge on any atom is -0.423 e. The number of aromatic nitrogens is 1. The van der Waals surface area contributed by atoms with E-state index < -0.39 is 0 Å². The molecule has 16 heavy (non-hydrogen) atoms. The smallest absolute Gasteiger partial charge is 0.298 e. The summed E-state index contributed by atoms with van der Waals surface area (Å²) in [6.45, 7) is 1.70. The lowest BCUT2D eigenvalue weighted by molar-refractivity contribution is 0.567. The number of rotatable bonds is 1. The normalized spacial score (nSPS) is 15.9. The largest absolute Gasteiger partial charge is 0.423 e. The Labute approximate surface area is 92.2 Å². The van der Waals surface area contributed by atoms with E-state index in [0.29, 0.717) is 17.1 Å². The van der Waals surface area contributed by atoms with Gasteiger partial charge in [-0.25, -0.2) is 4.39 Å². The molecular weight excluding hydrogens is 207 g/mol. The number of fused-ring (bicyclic) bond motifs is 1. The first-order chi connectivity index (χ1) is 7.83. The molecule has 4 heteroatoms. The molecule has 0 bridgehead atoms. The minimum absolute atomic E-state index is 0.297.